The molecule has 0 radical (unpaired) electrons. The maximum Gasteiger partial charge on any atom is 0.387 e. The van der Waals surface area contributed by atoms with E-state index in [0.29, 0.717) is 37.0 Å². The number of pyridine rings is 1. The van der Waals surface area contributed by atoms with Crippen LogP contribution in [0.3, 0.4) is 0 Å². The summed E-state index contributed by atoms with van der Waals surface area (Å²) in [5.41, 5.74) is -0.826. The number of halogens is 3. The van der Waals surface area contributed by atoms with Crippen LogP contribution < -0.4 is 15.4 Å². The van der Waals surface area contributed by atoms with Gasteiger partial charge in [0.2, 0.25) is 0 Å². The van der Waals surface area contributed by atoms with Gasteiger partial charge in [0.1, 0.15) is 11.6 Å². The van der Waals surface area contributed by atoms with Crippen LogP contribution in [0.15, 0.2) is 12.3 Å². The second-order valence-electron chi connectivity index (χ2n) is 11.5. The maximum atomic E-state index is 13.4. The van der Waals surface area contributed by atoms with E-state index in [-0.39, 0.29) is 39.8 Å². The molecule has 2 fully saturated rings. The Bertz CT molecular complexity index is 1140. The van der Waals surface area contributed by atoms with Crippen LogP contribution in [0.1, 0.15) is 83.1 Å². The largest absolute Gasteiger partial charge is 0.434 e. The number of rotatable bonds is 11. The Hall–Kier alpha value is -2.46. The number of aliphatic hydroxyl groups is 1. The predicted octanol–water partition coefficient (Wildman–Crippen LogP) is 5.88. The molecule has 2 aliphatic rings. The summed E-state index contributed by atoms with van der Waals surface area (Å²) in [7, 11) is 0. The summed E-state index contributed by atoms with van der Waals surface area (Å²) < 4.78 is 33.2. The fourth-order valence-electron chi connectivity index (χ4n) is 5.19. The first kappa shape index (κ1) is 28.5. The SMILES string of the molecule is CCn1nc(C(=O)NCC2(O)CCC(C)CC2)c(Cl)c1-c1cnc(NC(C)(C)CC2CC2)cc1OC(F)F. The molecule has 2 saturated carbocycles. The quantitative estimate of drug-likeness (QED) is 0.321. The standard InChI is InChI=1S/C27H38ClF2N5O3/c1-5-35-23(21(28)22(34-35)24(36)32-15-27(37)10-8-16(2)9-11-27)18-14-31-20(12-19(18)38-25(29)30)33-26(3,4)13-17-6-7-17/h12,14,16-17,25,37H,5-11,13,15H2,1-4H3,(H,31,33)(H,32,36). The second kappa shape index (κ2) is 11.3. The molecule has 0 aliphatic heterocycles. The van der Waals surface area contributed by atoms with Crippen LogP contribution in [-0.4, -0.2) is 50.1 Å². The fraction of sp³-hybridized carbons (Fsp3) is 0.667. The smallest absolute Gasteiger partial charge is 0.387 e. The summed E-state index contributed by atoms with van der Waals surface area (Å²) in [6, 6.07) is 1.43. The molecule has 38 heavy (non-hydrogen) atoms. The summed E-state index contributed by atoms with van der Waals surface area (Å²) in [5, 5.41) is 21.3. The van der Waals surface area contributed by atoms with Crippen molar-refractivity contribution in [3.05, 3.63) is 23.0 Å². The number of ether oxygens (including phenoxy) is 1. The third-order valence-electron chi connectivity index (χ3n) is 7.49. The van der Waals surface area contributed by atoms with Gasteiger partial charge in [0.15, 0.2) is 5.69 Å². The van der Waals surface area contributed by atoms with Crippen LogP contribution in [-0.2, 0) is 6.54 Å². The highest BCUT2D eigenvalue weighted by atomic mass is 35.5. The van der Waals surface area contributed by atoms with E-state index in [1.807, 2.05) is 13.8 Å². The topological polar surface area (TPSA) is 101 Å². The lowest BCUT2D eigenvalue weighted by Gasteiger charge is -2.34. The van der Waals surface area contributed by atoms with Crippen molar-refractivity contribution in [1.29, 1.82) is 0 Å². The van der Waals surface area contributed by atoms with Gasteiger partial charge in [0, 0.05) is 30.9 Å². The van der Waals surface area contributed by atoms with Gasteiger partial charge in [0.05, 0.1) is 21.9 Å². The molecule has 2 aromatic rings. The van der Waals surface area contributed by atoms with Crippen molar-refractivity contribution < 1.29 is 23.4 Å². The molecule has 0 bridgehead atoms. The molecule has 2 aliphatic carbocycles. The van der Waals surface area contributed by atoms with Gasteiger partial charge >= 0.3 is 6.61 Å². The molecule has 3 N–H and O–H groups in total. The van der Waals surface area contributed by atoms with Crippen LogP contribution in [0, 0.1) is 11.8 Å². The number of amides is 1. The maximum absolute atomic E-state index is 13.4. The zero-order valence-corrected chi connectivity index (χ0v) is 23.2. The zero-order chi connectivity index (χ0) is 27.7. The molecule has 0 atom stereocenters. The summed E-state index contributed by atoms with van der Waals surface area (Å²) in [4.78, 5) is 17.5. The number of hydrogen-bond acceptors (Lipinski definition) is 6. The molecule has 0 unspecified atom stereocenters. The molecule has 2 heterocycles. The molecule has 1 amide bonds. The van der Waals surface area contributed by atoms with Crippen LogP contribution in [0.4, 0.5) is 14.6 Å². The highest BCUT2D eigenvalue weighted by Gasteiger charge is 2.34. The Balaban J connectivity index is 1.59. The van der Waals surface area contributed by atoms with Gasteiger partial charge in [-0.05, 0) is 64.7 Å². The number of aromatic nitrogens is 3. The molecular formula is C27H38ClF2N5O3. The van der Waals surface area contributed by atoms with Crippen molar-refractivity contribution in [2.45, 2.75) is 96.9 Å². The first-order valence-corrected chi connectivity index (χ1v) is 13.8. The number of carbonyl (C=O) groups excluding carboxylic acids is 1. The number of nitrogens with one attached hydrogen (secondary N) is 2. The Labute approximate surface area is 227 Å². The van der Waals surface area contributed by atoms with Gasteiger partial charge < -0.3 is 20.5 Å². The van der Waals surface area contributed by atoms with Crippen LogP contribution in [0.5, 0.6) is 5.75 Å². The van der Waals surface area contributed by atoms with Crippen molar-refractivity contribution in [2.75, 3.05) is 11.9 Å². The zero-order valence-electron chi connectivity index (χ0n) is 22.5. The normalized spacial score (nSPS) is 22.0. The average Bonchev–Trinajstić information content (AvgIpc) is 3.58. The monoisotopic (exact) mass is 553 g/mol. The van der Waals surface area contributed by atoms with Gasteiger partial charge in [-0.15, -0.1) is 0 Å². The number of anilines is 1. The van der Waals surface area contributed by atoms with Gasteiger partial charge in [0.25, 0.3) is 5.91 Å². The van der Waals surface area contributed by atoms with E-state index in [4.69, 9.17) is 16.3 Å². The summed E-state index contributed by atoms with van der Waals surface area (Å²) in [6.45, 7) is 5.39. The first-order valence-electron chi connectivity index (χ1n) is 13.4. The molecule has 8 nitrogen and oxygen atoms in total. The van der Waals surface area contributed by atoms with Gasteiger partial charge in [-0.3, -0.25) is 9.48 Å². The van der Waals surface area contributed by atoms with E-state index < -0.39 is 18.1 Å². The summed E-state index contributed by atoms with van der Waals surface area (Å²) in [5.74, 6) is 0.959. The minimum absolute atomic E-state index is 0.00398. The lowest BCUT2D eigenvalue weighted by atomic mass is 9.79. The lowest BCUT2D eigenvalue weighted by molar-refractivity contribution is -0.0494. The minimum atomic E-state index is -3.07. The first-order chi connectivity index (χ1) is 17.9. The van der Waals surface area contributed by atoms with Crippen LogP contribution in [0.25, 0.3) is 11.3 Å². The molecule has 0 aromatic carbocycles. The molecule has 0 saturated heterocycles. The highest BCUT2D eigenvalue weighted by molar-refractivity contribution is 6.36. The van der Waals surface area contributed by atoms with Crippen molar-refractivity contribution in [3.8, 4) is 17.0 Å². The Morgan fingerprint density at radius 3 is 2.61 bits per heavy atom. The third-order valence-corrected chi connectivity index (χ3v) is 7.85. The Morgan fingerprint density at radius 2 is 2.00 bits per heavy atom. The van der Waals surface area contributed by atoms with E-state index in [2.05, 4.69) is 27.6 Å². The van der Waals surface area contributed by atoms with Crippen LogP contribution >= 0.6 is 11.6 Å². The van der Waals surface area contributed by atoms with E-state index in [9.17, 15) is 18.7 Å². The second-order valence-corrected chi connectivity index (χ2v) is 11.9. The lowest BCUT2D eigenvalue weighted by Crippen LogP contribution is -2.45. The fourth-order valence-corrected chi connectivity index (χ4v) is 5.52. The van der Waals surface area contributed by atoms with Crippen LogP contribution in [0.2, 0.25) is 5.02 Å². The van der Waals surface area contributed by atoms with Gasteiger partial charge in [-0.2, -0.15) is 13.9 Å². The number of alkyl halides is 2. The Morgan fingerprint density at radius 1 is 1.32 bits per heavy atom. The highest BCUT2D eigenvalue weighted by Crippen LogP contribution is 2.40. The van der Waals surface area contributed by atoms with Gasteiger partial charge in [-0.1, -0.05) is 31.4 Å². The van der Waals surface area contributed by atoms with Crippen molar-refractivity contribution in [3.63, 3.8) is 0 Å². The molecule has 210 valence electrons. The van der Waals surface area contributed by atoms with Crippen molar-refractivity contribution >= 4 is 23.3 Å². The molecule has 2 aromatic heterocycles. The molecule has 0 spiro atoms. The summed E-state index contributed by atoms with van der Waals surface area (Å²) in [6.07, 6.45) is 7.76. The Kier molecular flexibility index (Phi) is 8.52. The minimum Gasteiger partial charge on any atom is -0.434 e. The number of hydrogen-bond donors (Lipinski definition) is 3. The molecule has 4 rings (SSSR count). The van der Waals surface area contributed by atoms with E-state index in [1.54, 1.807) is 6.92 Å². The van der Waals surface area contributed by atoms with E-state index >= 15 is 0 Å². The number of nitrogens with zero attached hydrogens (tertiary/aromatic N) is 3. The summed E-state index contributed by atoms with van der Waals surface area (Å²) >= 11 is 6.64. The van der Waals surface area contributed by atoms with Gasteiger partial charge in [-0.25, -0.2) is 4.98 Å². The molecular weight excluding hydrogens is 516 g/mol. The van der Waals surface area contributed by atoms with E-state index in [1.165, 1.54) is 29.8 Å². The third kappa shape index (κ3) is 6.94. The number of carbonyl (C=O) groups is 1. The average molecular weight is 554 g/mol. The predicted molar refractivity (Wildman–Crippen MR) is 143 cm³/mol. The van der Waals surface area contributed by atoms with E-state index in [0.717, 1.165) is 19.3 Å². The van der Waals surface area contributed by atoms with Crippen molar-refractivity contribution in [1.82, 2.24) is 20.1 Å². The van der Waals surface area contributed by atoms with Crippen molar-refractivity contribution in [2.24, 2.45) is 11.8 Å². The molecule has 11 heteroatoms. The number of aryl methyl sites for hydroxylation is 1.